The number of guanidine groups is 1. The Hall–Kier alpha value is -1.58. The molecule has 0 unspecified atom stereocenters. The van der Waals surface area contributed by atoms with Crippen molar-refractivity contribution in [1.29, 1.82) is 0 Å². The van der Waals surface area contributed by atoms with Crippen molar-refractivity contribution >= 4 is 5.96 Å². The summed E-state index contributed by atoms with van der Waals surface area (Å²) in [6.07, 6.45) is 1.89. The maximum absolute atomic E-state index is 5.71. The molecule has 14 heavy (non-hydrogen) atoms. The summed E-state index contributed by atoms with van der Waals surface area (Å²) in [6.45, 7) is 4.52. The highest BCUT2D eigenvalue weighted by Crippen LogP contribution is 2.06. The van der Waals surface area contributed by atoms with E-state index in [9.17, 15) is 0 Å². The van der Waals surface area contributed by atoms with E-state index in [-0.39, 0.29) is 0 Å². The molecule has 4 nitrogen and oxygen atoms in total. The smallest absolute Gasteiger partial charge is 0.191 e. The lowest BCUT2D eigenvalue weighted by Crippen LogP contribution is -2.33. The number of pyridine rings is 1. The lowest BCUT2D eigenvalue weighted by atomic mass is 10.2. The summed E-state index contributed by atoms with van der Waals surface area (Å²) >= 11 is 0. The molecule has 0 aliphatic carbocycles. The zero-order chi connectivity index (χ0) is 9.97. The molecule has 0 fully saturated rings. The minimum atomic E-state index is 0.644. The summed E-state index contributed by atoms with van der Waals surface area (Å²) in [5, 5.41) is 0. The summed E-state index contributed by atoms with van der Waals surface area (Å²) < 4.78 is 0. The van der Waals surface area contributed by atoms with Gasteiger partial charge in [0.1, 0.15) is 0 Å². The van der Waals surface area contributed by atoms with Crippen LogP contribution in [0.1, 0.15) is 11.3 Å². The second kappa shape index (κ2) is 3.65. The number of hydrogen-bond acceptors (Lipinski definition) is 4. The van der Waals surface area contributed by atoms with Crippen LogP contribution >= 0.6 is 0 Å². The Kier molecular flexibility index (Phi) is 2.35. The molecule has 0 atom stereocenters. The van der Waals surface area contributed by atoms with Crippen LogP contribution in [-0.4, -0.2) is 28.9 Å². The first-order valence-corrected chi connectivity index (χ1v) is 4.72. The normalized spacial score (nSPS) is 15.8. The van der Waals surface area contributed by atoms with Crippen molar-refractivity contribution in [2.75, 3.05) is 13.1 Å². The third-order valence-electron chi connectivity index (χ3n) is 2.31. The van der Waals surface area contributed by atoms with Gasteiger partial charge in [-0.15, -0.1) is 0 Å². The molecule has 2 rings (SSSR count). The van der Waals surface area contributed by atoms with Gasteiger partial charge in [0.15, 0.2) is 5.96 Å². The summed E-state index contributed by atoms with van der Waals surface area (Å²) in [4.78, 5) is 10.4. The summed E-state index contributed by atoms with van der Waals surface area (Å²) in [5.74, 6) is 0.644. The van der Waals surface area contributed by atoms with Gasteiger partial charge in [-0.1, -0.05) is 6.07 Å². The minimum absolute atomic E-state index is 0.644. The first kappa shape index (κ1) is 8.99. The van der Waals surface area contributed by atoms with E-state index in [2.05, 4.69) is 20.9 Å². The Morgan fingerprint density at radius 2 is 2.36 bits per heavy atom. The van der Waals surface area contributed by atoms with Gasteiger partial charge in [0.25, 0.3) is 0 Å². The average Bonchev–Trinajstić information content (AvgIpc) is 2.56. The average molecular weight is 190 g/mol. The van der Waals surface area contributed by atoms with E-state index in [1.165, 1.54) is 5.56 Å². The molecule has 0 saturated heterocycles. The van der Waals surface area contributed by atoms with Crippen LogP contribution in [-0.2, 0) is 6.54 Å². The van der Waals surface area contributed by atoms with Crippen LogP contribution in [0.4, 0.5) is 0 Å². The zero-order valence-corrected chi connectivity index (χ0v) is 8.27. The molecule has 1 aromatic heterocycles. The van der Waals surface area contributed by atoms with Crippen molar-refractivity contribution in [3.63, 3.8) is 0 Å². The predicted molar refractivity (Wildman–Crippen MR) is 55.9 cm³/mol. The van der Waals surface area contributed by atoms with Crippen LogP contribution in [0.25, 0.3) is 0 Å². The van der Waals surface area contributed by atoms with E-state index < -0.39 is 0 Å². The molecule has 1 aromatic rings. The van der Waals surface area contributed by atoms with Crippen LogP contribution in [0.15, 0.2) is 23.3 Å². The second-order valence-electron chi connectivity index (χ2n) is 3.47. The Morgan fingerprint density at radius 3 is 2.93 bits per heavy atom. The molecule has 2 N–H and O–H groups in total. The van der Waals surface area contributed by atoms with Gasteiger partial charge in [-0.3, -0.25) is 9.98 Å². The van der Waals surface area contributed by atoms with Crippen LogP contribution in [0.2, 0.25) is 0 Å². The van der Waals surface area contributed by atoms with E-state index in [0.29, 0.717) is 5.96 Å². The molecule has 74 valence electrons. The molecule has 0 spiro atoms. The predicted octanol–water partition coefficient (Wildman–Crippen LogP) is 0.520. The number of aliphatic imine (C=N–C) groups is 1. The SMILES string of the molecule is Cc1ccc(CN2CCN=C2N)cn1. The fraction of sp³-hybridized carbons (Fsp3) is 0.400. The number of nitrogens with zero attached hydrogens (tertiary/aromatic N) is 3. The van der Waals surface area contributed by atoms with Crippen LogP contribution in [0.5, 0.6) is 0 Å². The molecule has 0 amide bonds. The first-order valence-electron chi connectivity index (χ1n) is 4.72. The third-order valence-corrected chi connectivity index (χ3v) is 2.31. The van der Waals surface area contributed by atoms with E-state index in [1.807, 2.05) is 19.2 Å². The molecule has 0 saturated carbocycles. The van der Waals surface area contributed by atoms with E-state index in [0.717, 1.165) is 25.3 Å². The van der Waals surface area contributed by atoms with Gasteiger partial charge in [0.2, 0.25) is 0 Å². The molecular formula is C10H14N4. The lowest BCUT2D eigenvalue weighted by Gasteiger charge is -2.16. The number of nitrogens with two attached hydrogens (primary N) is 1. The summed E-state index contributed by atoms with van der Waals surface area (Å²) in [6, 6.07) is 4.09. The van der Waals surface area contributed by atoms with Gasteiger partial charge in [0, 0.05) is 25.0 Å². The Labute approximate surface area is 83.5 Å². The zero-order valence-electron chi connectivity index (χ0n) is 8.27. The van der Waals surface area contributed by atoms with Crippen molar-refractivity contribution in [2.24, 2.45) is 10.7 Å². The van der Waals surface area contributed by atoms with Gasteiger partial charge in [-0.05, 0) is 18.6 Å². The van der Waals surface area contributed by atoms with Crippen LogP contribution in [0.3, 0.4) is 0 Å². The van der Waals surface area contributed by atoms with Gasteiger partial charge < -0.3 is 10.6 Å². The summed E-state index contributed by atoms with van der Waals surface area (Å²) in [5.41, 5.74) is 7.93. The van der Waals surface area contributed by atoms with Gasteiger partial charge in [-0.2, -0.15) is 0 Å². The number of rotatable bonds is 2. The highest BCUT2D eigenvalue weighted by Gasteiger charge is 2.13. The Morgan fingerprint density at radius 1 is 1.50 bits per heavy atom. The van der Waals surface area contributed by atoms with E-state index in [4.69, 9.17) is 5.73 Å². The van der Waals surface area contributed by atoms with Crippen molar-refractivity contribution in [2.45, 2.75) is 13.5 Å². The minimum Gasteiger partial charge on any atom is -0.370 e. The number of aromatic nitrogens is 1. The van der Waals surface area contributed by atoms with E-state index >= 15 is 0 Å². The van der Waals surface area contributed by atoms with Crippen molar-refractivity contribution in [1.82, 2.24) is 9.88 Å². The fourth-order valence-electron chi connectivity index (χ4n) is 1.47. The highest BCUT2D eigenvalue weighted by atomic mass is 15.3. The van der Waals surface area contributed by atoms with Crippen molar-refractivity contribution < 1.29 is 0 Å². The van der Waals surface area contributed by atoms with Crippen molar-refractivity contribution in [3.8, 4) is 0 Å². The fourth-order valence-corrected chi connectivity index (χ4v) is 1.47. The van der Waals surface area contributed by atoms with Crippen molar-refractivity contribution in [3.05, 3.63) is 29.6 Å². The third kappa shape index (κ3) is 1.84. The Balaban J connectivity index is 2.04. The molecule has 0 aromatic carbocycles. The largest absolute Gasteiger partial charge is 0.370 e. The second-order valence-corrected chi connectivity index (χ2v) is 3.47. The van der Waals surface area contributed by atoms with Crippen LogP contribution in [0, 0.1) is 6.92 Å². The van der Waals surface area contributed by atoms with E-state index in [1.54, 1.807) is 0 Å². The number of hydrogen-bond donors (Lipinski definition) is 1. The maximum atomic E-state index is 5.71. The molecule has 4 heteroatoms. The van der Waals surface area contributed by atoms with Gasteiger partial charge >= 0.3 is 0 Å². The molecule has 2 heterocycles. The first-order chi connectivity index (χ1) is 6.75. The number of aryl methyl sites for hydroxylation is 1. The molecule has 0 bridgehead atoms. The quantitative estimate of drug-likeness (QED) is 0.739. The molecule has 1 aliphatic heterocycles. The summed E-state index contributed by atoms with van der Waals surface area (Å²) in [7, 11) is 0. The monoisotopic (exact) mass is 190 g/mol. The van der Waals surface area contributed by atoms with Gasteiger partial charge in [0.05, 0.1) is 6.54 Å². The molecule has 1 aliphatic rings. The van der Waals surface area contributed by atoms with Gasteiger partial charge in [-0.25, -0.2) is 0 Å². The Bertz CT molecular complexity index is 342. The lowest BCUT2D eigenvalue weighted by molar-refractivity contribution is 0.447. The highest BCUT2D eigenvalue weighted by molar-refractivity contribution is 5.79. The maximum Gasteiger partial charge on any atom is 0.191 e. The van der Waals surface area contributed by atoms with Crippen LogP contribution < -0.4 is 5.73 Å². The standard InChI is InChI=1S/C10H14N4/c1-8-2-3-9(6-13-8)7-14-5-4-12-10(14)11/h2-3,6H,4-5,7H2,1H3,(H2,11,12). The topological polar surface area (TPSA) is 54.5 Å². The molecule has 0 radical (unpaired) electrons. The molecular weight excluding hydrogens is 176 g/mol.